The Morgan fingerprint density at radius 1 is 0.731 bits per heavy atom. The van der Waals surface area contributed by atoms with Gasteiger partial charge >= 0.3 is 0 Å². The maximum atomic E-state index is 4.47. The summed E-state index contributed by atoms with van der Waals surface area (Å²) in [5.41, 5.74) is 13.9. The predicted octanol–water partition coefficient (Wildman–Crippen LogP) is 13.0. The van der Waals surface area contributed by atoms with Crippen molar-refractivity contribution in [1.29, 1.82) is 0 Å². The van der Waals surface area contributed by atoms with Gasteiger partial charge in [0.2, 0.25) is 0 Å². The van der Waals surface area contributed by atoms with Gasteiger partial charge in [0.05, 0.1) is 22.6 Å². The number of nitrogens with one attached hydrogen (secondary N) is 1. The first-order chi connectivity index (χ1) is 25.6. The quantitative estimate of drug-likeness (QED) is 0.151. The molecule has 2 aromatic heterocycles. The minimum absolute atomic E-state index is 0.0255. The average Bonchev–Trinajstić information content (AvgIpc) is 3.68. The zero-order valence-corrected chi connectivity index (χ0v) is 30.1. The number of nitrogens with zero attached hydrogens (tertiary/aromatic N) is 2. The molecule has 0 spiro atoms. The normalized spacial score (nSPS) is 14.9. The second kappa shape index (κ2) is 14.1. The van der Waals surface area contributed by atoms with E-state index in [0.717, 1.165) is 34.5 Å². The third kappa shape index (κ3) is 5.95. The van der Waals surface area contributed by atoms with Gasteiger partial charge in [-0.3, -0.25) is 0 Å². The fourth-order valence-corrected chi connectivity index (χ4v) is 7.55. The van der Waals surface area contributed by atoms with Crippen LogP contribution in [0.3, 0.4) is 0 Å². The molecule has 8 rings (SSSR count). The number of allylic oxidation sites excluding steroid dienone is 8. The van der Waals surface area contributed by atoms with Crippen molar-refractivity contribution in [2.75, 3.05) is 0 Å². The van der Waals surface area contributed by atoms with Gasteiger partial charge in [0, 0.05) is 38.9 Å². The number of fused-ring (bicyclic) bond motifs is 4. The summed E-state index contributed by atoms with van der Waals surface area (Å²) in [6, 6.07) is 43.8. The molecule has 0 aliphatic carbocycles. The third-order valence-electron chi connectivity index (χ3n) is 10.1. The zero-order valence-electron chi connectivity index (χ0n) is 30.1. The molecule has 0 radical (unpaired) electrons. The predicted molar refractivity (Wildman–Crippen MR) is 225 cm³/mol. The van der Waals surface area contributed by atoms with Gasteiger partial charge in [-0.2, -0.15) is 0 Å². The highest BCUT2D eigenvalue weighted by Gasteiger charge is 2.22. The van der Waals surface area contributed by atoms with E-state index in [9.17, 15) is 0 Å². The molecule has 1 aliphatic heterocycles. The number of dihydropyridines is 1. The summed E-state index contributed by atoms with van der Waals surface area (Å²) in [4.78, 5) is 0. The number of para-hydroxylation sites is 1. The average molecular weight is 674 g/mol. The number of benzene rings is 5. The van der Waals surface area contributed by atoms with Crippen LogP contribution in [0.2, 0.25) is 0 Å². The second-order valence-corrected chi connectivity index (χ2v) is 13.4. The molecule has 52 heavy (non-hydrogen) atoms. The molecule has 0 saturated carbocycles. The van der Waals surface area contributed by atoms with Crippen LogP contribution in [0.15, 0.2) is 170 Å². The maximum Gasteiger partial charge on any atom is 0.0721 e. The molecule has 3 heteroatoms. The number of hydrogen-bond donors (Lipinski definition) is 1. The van der Waals surface area contributed by atoms with Crippen LogP contribution in [-0.4, -0.2) is 9.13 Å². The molecule has 0 bridgehead atoms. The van der Waals surface area contributed by atoms with Crippen LogP contribution in [-0.2, 0) is 0 Å². The fourth-order valence-electron chi connectivity index (χ4n) is 7.55. The molecule has 3 nitrogen and oxygen atoms in total. The van der Waals surface area contributed by atoms with Crippen LogP contribution in [0.5, 0.6) is 0 Å². The summed E-state index contributed by atoms with van der Waals surface area (Å²) in [6.07, 6.45) is 18.4. The van der Waals surface area contributed by atoms with E-state index in [0.29, 0.717) is 0 Å². The smallest absolute Gasteiger partial charge is 0.0721 e. The van der Waals surface area contributed by atoms with Gasteiger partial charge in [-0.05, 0) is 96.7 Å². The number of rotatable bonds is 9. The standard InChI is InChI=1S/C49H43N3/c1-5-7-11-18-34(3)51-47-25-17-16-23-41(47)42-28-26-39(31-49(42)51)38-27-29-48-43(30-38)35(4)46(24-8-6-2)52(48)40-32-44(36-19-12-9-13-20-36)50-45(33-40)37-21-14-10-15-22-37/h5,7-33,44,50H,3,6H2,1-2,4H3/b7-5-,18-11-,24-8-. The molecule has 1 N–H and O–H groups in total. The van der Waals surface area contributed by atoms with Gasteiger partial charge < -0.3 is 14.5 Å². The number of aryl methyl sites for hydroxylation is 1. The fraction of sp³-hybridized carbons (Fsp3) is 0.102. The zero-order chi connectivity index (χ0) is 35.6. The number of hydrogen-bond acceptors (Lipinski definition) is 1. The SMILES string of the molecule is C=C(/C=C\C=C/C)n1c2ccccc2c2ccc(-c3ccc4c(c3)c(C)c(/C=C\CC)n4C3=CC(c4ccccc4)NC(c4ccccc4)=C3)cc21. The molecular formula is C49H43N3. The summed E-state index contributed by atoms with van der Waals surface area (Å²) in [6.45, 7) is 11.0. The highest BCUT2D eigenvalue weighted by atomic mass is 15.0. The van der Waals surface area contributed by atoms with E-state index in [-0.39, 0.29) is 6.04 Å². The molecule has 0 fully saturated rings. The topological polar surface area (TPSA) is 21.9 Å². The van der Waals surface area contributed by atoms with E-state index in [4.69, 9.17) is 0 Å². The third-order valence-corrected chi connectivity index (χ3v) is 10.1. The summed E-state index contributed by atoms with van der Waals surface area (Å²) < 4.78 is 4.73. The van der Waals surface area contributed by atoms with Gasteiger partial charge in [-0.25, -0.2) is 0 Å². The van der Waals surface area contributed by atoms with E-state index >= 15 is 0 Å². The lowest BCUT2D eigenvalue weighted by Crippen LogP contribution is -2.23. The first kappa shape index (κ1) is 32.9. The Labute approximate surface area is 306 Å². The monoisotopic (exact) mass is 673 g/mol. The van der Waals surface area contributed by atoms with Crippen molar-refractivity contribution in [2.24, 2.45) is 0 Å². The molecule has 5 aromatic carbocycles. The van der Waals surface area contributed by atoms with Crippen LogP contribution >= 0.6 is 0 Å². The van der Waals surface area contributed by atoms with Crippen LogP contribution in [0, 0.1) is 6.92 Å². The van der Waals surface area contributed by atoms with E-state index < -0.39 is 0 Å². The minimum Gasteiger partial charge on any atom is -0.374 e. The molecule has 0 amide bonds. The molecule has 7 aromatic rings. The van der Waals surface area contributed by atoms with Crippen LogP contribution in [0.1, 0.15) is 48.7 Å². The van der Waals surface area contributed by atoms with Gasteiger partial charge in [0.1, 0.15) is 0 Å². The summed E-state index contributed by atoms with van der Waals surface area (Å²) >= 11 is 0. The highest BCUT2D eigenvalue weighted by Crippen LogP contribution is 2.39. The van der Waals surface area contributed by atoms with Gasteiger partial charge in [0.25, 0.3) is 0 Å². The Bertz CT molecular complexity index is 2600. The Hall–Kier alpha value is -6.32. The van der Waals surface area contributed by atoms with Crippen molar-refractivity contribution in [3.8, 4) is 11.1 Å². The molecule has 1 atom stereocenters. The maximum absolute atomic E-state index is 4.47. The summed E-state index contributed by atoms with van der Waals surface area (Å²) in [5.74, 6) is 0. The highest BCUT2D eigenvalue weighted by molar-refractivity contribution is 6.11. The minimum atomic E-state index is 0.0255. The van der Waals surface area contributed by atoms with Crippen LogP contribution in [0.4, 0.5) is 0 Å². The molecule has 254 valence electrons. The largest absolute Gasteiger partial charge is 0.374 e. The first-order valence-corrected chi connectivity index (χ1v) is 18.2. The summed E-state index contributed by atoms with van der Waals surface area (Å²) in [5, 5.41) is 7.52. The first-order valence-electron chi connectivity index (χ1n) is 18.2. The molecule has 1 unspecified atom stereocenters. The molecule has 0 saturated heterocycles. The van der Waals surface area contributed by atoms with E-state index in [1.807, 2.05) is 19.1 Å². The Morgan fingerprint density at radius 3 is 2.23 bits per heavy atom. The van der Waals surface area contributed by atoms with Crippen LogP contribution < -0.4 is 5.32 Å². The van der Waals surface area contributed by atoms with Crippen molar-refractivity contribution in [1.82, 2.24) is 14.5 Å². The Morgan fingerprint density at radius 2 is 1.44 bits per heavy atom. The van der Waals surface area contributed by atoms with Crippen LogP contribution in [0.25, 0.3) is 67.0 Å². The van der Waals surface area contributed by atoms with E-state index in [1.165, 1.54) is 55.2 Å². The van der Waals surface area contributed by atoms with Crippen molar-refractivity contribution < 1.29 is 0 Å². The lowest BCUT2D eigenvalue weighted by molar-refractivity contribution is 0.761. The van der Waals surface area contributed by atoms with E-state index in [1.54, 1.807) is 0 Å². The van der Waals surface area contributed by atoms with Crippen molar-refractivity contribution in [2.45, 2.75) is 33.2 Å². The van der Waals surface area contributed by atoms with Gasteiger partial charge in [0.15, 0.2) is 0 Å². The number of aromatic nitrogens is 2. The molecule has 3 heterocycles. The van der Waals surface area contributed by atoms with Crippen molar-refractivity contribution in [3.05, 3.63) is 193 Å². The lowest BCUT2D eigenvalue weighted by atomic mass is 9.99. The van der Waals surface area contributed by atoms with Gasteiger partial charge in [-0.1, -0.05) is 135 Å². The molecular weight excluding hydrogens is 631 g/mol. The lowest BCUT2D eigenvalue weighted by Gasteiger charge is -2.26. The second-order valence-electron chi connectivity index (χ2n) is 13.4. The Kier molecular flexibility index (Phi) is 8.93. The summed E-state index contributed by atoms with van der Waals surface area (Å²) in [7, 11) is 0. The van der Waals surface area contributed by atoms with E-state index in [2.05, 4.69) is 193 Å². The molecule has 1 aliphatic rings. The van der Waals surface area contributed by atoms with Crippen molar-refractivity contribution in [3.63, 3.8) is 0 Å². The Balaban J connectivity index is 1.30. The van der Waals surface area contributed by atoms with Crippen molar-refractivity contribution >= 4 is 55.9 Å². The van der Waals surface area contributed by atoms with Gasteiger partial charge in [-0.15, -0.1) is 0 Å².